The quantitative estimate of drug-likeness (QED) is 0.101. The Kier molecular flexibility index (Phi) is 29.2. The summed E-state index contributed by atoms with van der Waals surface area (Å²) in [4.78, 5) is 105. The maximum atomic E-state index is 13.1. The number of piperidine rings is 1. The molecule has 0 saturated carbocycles. The van der Waals surface area contributed by atoms with Gasteiger partial charge in [-0.05, 0) is 94.0 Å². The number of likely N-dealkylation sites (tertiary alicyclic amines) is 1. The van der Waals surface area contributed by atoms with Gasteiger partial charge in [0.05, 0.1) is 110 Å². The number of hydrogen-bond donors (Lipinski definition) is 3. The fourth-order valence-corrected chi connectivity index (χ4v) is 16.0. The van der Waals surface area contributed by atoms with Gasteiger partial charge in [-0.3, -0.25) is 53.1 Å². The maximum Gasteiger partial charge on any atom is 1.00 e. The molecule has 24 nitrogen and oxygen atoms in total. The molecule has 3 aromatic rings. The van der Waals surface area contributed by atoms with Gasteiger partial charge in [-0.25, -0.2) is 0 Å². The number of nitrogens with zero attached hydrogens (tertiary/aromatic N) is 5. The number of cyclic esters (lactones) is 2. The normalized spacial score (nSPS) is 31.7. The third-order valence-electron chi connectivity index (χ3n) is 20.5. The summed E-state index contributed by atoms with van der Waals surface area (Å²) in [7, 11) is 3.66. The third-order valence-corrected chi connectivity index (χ3v) is 20.5. The zero-order valence-corrected chi connectivity index (χ0v) is 56.5. The molecule has 0 aliphatic carbocycles. The summed E-state index contributed by atoms with van der Waals surface area (Å²) in [6, 6.07) is 31.5. The van der Waals surface area contributed by atoms with Crippen LogP contribution in [0.1, 0.15) is 94.7 Å². The average Bonchev–Trinajstić information content (AvgIpc) is 1.63. The number of carbonyl (C=O) groups is 8. The number of piperazine rings is 2. The first-order valence-corrected chi connectivity index (χ1v) is 33.0. The number of amides is 2. The van der Waals surface area contributed by atoms with Crippen LogP contribution in [-0.2, 0) is 91.1 Å². The number of methoxy groups -OCH3 is 2. The van der Waals surface area contributed by atoms with E-state index in [1.54, 1.807) is 0 Å². The van der Waals surface area contributed by atoms with Gasteiger partial charge in [-0.1, -0.05) is 105 Å². The van der Waals surface area contributed by atoms with Crippen LogP contribution in [0.5, 0.6) is 0 Å². The van der Waals surface area contributed by atoms with E-state index in [2.05, 4.69) is 90.9 Å². The smallest absolute Gasteiger partial charge is 0.870 e. The number of ether oxygens (including phenoxy) is 7. The topological polar surface area (TPSA) is 308 Å². The second kappa shape index (κ2) is 36.2. The van der Waals surface area contributed by atoms with E-state index >= 15 is 0 Å². The van der Waals surface area contributed by atoms with Gasteiger partial charge in [0.2, 0.25) is 11.8 Å². The van der Waals surface area contributed by atoms with Gasteiger partial charge in [0, 0.05) is 79.1 Å². The second-order valence-corrected chi connectivity index (χ2v) is 25.8. The molecule has 16 unspecified atom stereocenters. The molecule has 12 aliphatic heterocycles. The molecular formula is C70H96N5NaO19. The molecule has 516 valence electrons. The van der Waals surface area contributed by atoms with E-state index < -0.39 is 47.5 Å². The number of aliphatic hydroxyl groups is 1. The van der Waals surface area contributed by atoms with Crippen LogP contribution in [0.3, 0.4) is 0 Å². The van der Waals surface area contributed by atoms with Crippen LogP contribution in [0.4, 0.5) is 0 Å². The fourth-order valence-electron chi connectivity index (χ4n) is 16.0. The SMILES string of the molecule is C.CO.COC(=O)C1C2CCC(O2)C1C(=O)N1CCN(Cc2ccccc2)CC1.COC(=O)C1C2CCC(O2)C1C(=O)O.O=C(O)C1C2CCC(O2)C1C(=O)N1CCN(Cc2ccccc2)CC1.O=C1OC(=O)C2C3CCC(O3)C12.[Na+].[OH-].c1ccc(CN2CCCCC2)cc1. The van der Waals surface area contributed by atoms with Crippen molar-refractivity contribution in [1.29, 1.82) is 0 Å². The molecule has 0 radical (unpaired) electrons. The van der Waals surface area contributed by atoms with Crippen LogP contribution in [0, 0.1) is 47.3 Å². The van der Waals surface area contributed by atoms with E-state index in [4.69, 9.17) is 33.9 Å². The first-order chi connectivity index (χ1) is 44.7. The molecule has 12 fully saturated rings. The van der Waals surface area contributed by atoms with Gasteiger partial charge in [-0.2, -0.15) is 0 Å². The minimum atomic E-state index is -0.965. The molecule has 12 aliphatic rings. The number of benzene rings is 3. The number of rotatable bonds is 12. The van der Waals surface area contributed by atoms with Crippen molar-refractivity contribution in [3.8, 4) is 0 Å². The molecule has 12 saturated heterocycles. The van der Waals surface area contributed by atoms with E-state index in [1.165, 1.54) is 63.3 Å². The Morgan fingerprint density at radius 1 is 0.411 bits per heavy atom. The van der Waals surface area contributed by atoms with Crippen molar-refractivity contribution < 1.29 is 122 Å². The Balaban J connectivity index is 0.000000171. The predicted octanol–water partition coefficient (Wildman–Crippen LogP) is 2.15. The van der Waals surface area contributed by atoms with E-state index in [9.17, 15) is 43.5 Å². The number of aliphatic hydroxyl groups excluding tert-OH is 1. The van der Waals surface area contributed by atoms with Crippen molar-refractivity contribution in [3.05, 3.63) is 108 Å². The summed E-state index contributed by atoms with van der Waals surface area (Å²) in [5, 5.41) is 25.5. The van der Waals surface area contributed by atoms with Crippen molar-refractivity contribution in [2.45, 2.75) is 147 Å². The number of hydrogen-bond acceptors (Lipinski definition) is 20. The molecule has 12 heterocycles. The van der Waals surface area contributed by atoms with Gasteiger partial charge in [-0.15, -0.1) is 0 Å². The monoisotopic (exact) mass is 1330 g/mol. The molecule has 2 amide bonds. The minimum Gasteiger partial charge on any atom is -0.870 e. The summed E-state index contributed by atoms with van der Waals surface area (Å²) in [5.74, 6) is -7.24. The number of carboxylic acids is 2. The largest absolute Gasteiger partial charge is 1.00 e. The molecule has 0 aromatic heterocycles. The molecule has 16 atom stereocenters. The van der Waals surface area contributed by atoms with Crippen LogP contribution in [-0.4, -0.2) is 229 Å². The number of aliphatic carboxylic acids is 2. The van der Waals surface area contributed by atoms with Crippen LogP contribution >= 0.6 is 0 Å². The standard InChI is InChI=1S/C20H26N2O4.C19H24N2O4.C12H17N.C9H12O5.C8H8O4.CH4O.CH4.Na.H2O/c1-25-20(24)18-16-8-7-15(26-16)17(18)19(23)22-11-9-21(10-12-22)13-14-5-3-2-4-6-14;22-18(16-14-6-7-15(25-14)17(16)19(23)24)21-10-8-20(9-11-21)12-13-4-2-1-3-5-13;1-3-7-12(8-4-1)11-13-9-5-2-6-10-13;1-13-9(12)7-5-3-2-4(14-5)6(7)8(10)11;9-7-5-3-1-2-4(11-3)6(5)8(10)12-7;1-2;;;/h2-6,15-18H,7-13H2,1H3;1-5,14-17H,6-12H2,(H,23,24);1,3-4,7-8H,2,5-6,9-11H2;4-7H,2-3H2,1H3,(H,10,11);3-6H,1-2H2;2H,1H3;1H4;;1H2/q;;;;;;;+1;/p-1. The van der Waals surface area contributed by atoms with E-state index in [-0.39, 0.29) is 139 Å². The van der Waals surface area contributed by atoms with Crippen molar-refractivity contribution in [2.75, 3.05) is 86.8 Å². The third kappa shape index (κ3) is 18.1. The van der Waals surface area contributed by atoms with Crippen LogP contribution in [0.25, 0.3) is 0 Å². The molecule has 0 spiro atoms. The van der Waals surface area contributed by atoms with Crippen LogP contribution in [0.15, 0.2) is 91.0 Å². The van der Waals surface area contributed by atoms with Gasteiger partial charge in [0.25, 0.3) is 0 Å². The molecule has 15 rings (SSSR count). The number of esters is 4. The van der Waals surface area contributed by atoms with Crippen molar-refractivity contribution >= 4 is 47.6 Å². The summed E-state index contributed by atoms with van der Waals surface area (Å²) in [6.07, 6.45) is 9.33. The first-order valence-electron chi connectivity index (χ1n) is 33.0. The Bertz CT molecular complexity index is 2960. The molecule has 25 heteroatoms. The summed E-state index contributed by atoms with van der Waals surface area (Å²) in [6.45, 7) is 11.6. The molecule has 8 bridgehead atoms. The molecule has 95 heavy (non-hydrogen) atoms. The second-order valence-electron chi connectivity index (χ2n) is 25.8. The van der Waals surface area contributed by atoms with Crippen LogP contribution < -0.4 is 29.6 Å². The van der Waals surface area contributed by atoms with E-state index in [1.807, 2.05) is 34.1 Å². The minimum absolute atomic E-state index is 0. The predicted molar refractivity (Wildman–Crippen MR) is 339 cm³/mol. The molecular weight excluding hydrogens is 1240 g/mol. The van der Waals surface area contributed by atoms with E-state index in [0.717, 1.165) is 104 Å². The van der Waals surface area contributed by atoms with Crippen molar-refractivity contribution in [1.82, 2.24) is 24.5 Å². The number of fused-ring (bicyclic) bond motifs is 11. The van der Waals surface area contributed by atoms with E-state index in [0.29, 0.717) is 26.2 Å². The molecule has 3 aromatic carbocycles. The Morgan fingerprint density at radius 3 is 1.02 bits per heavy atom. The van der Waals surface area contributed by atoms with Gasteiger partial charge >= 0.3 is 65.4 Å². The van der Waals surface area contributed by atoms with Gasteiger partial charge < -0.3 is 63.8 Å². The maximum absolute atomic E-state index is 13.1. The van der Waals surface area contributed by atoms with Gasteiger partial charge in [0.1, 0.15) is 0 Å². The van der Waals surface area contributed by atoms with Crippen molar-refractivity contribution in [2.24, 2.45) is 47.3 Å². The Hall–Kier alpha value is -5.74. The zero-order chi connectivity index (χ0) is 65.0. The van der Waals surface area contributed by atoms with Crippen molar-refractivity contribution in [3.63, 3.8) is 0 Å². The Labute approximate surface area is 579 Å². The zero-order valence-electron chi connectivity index (χ0n) is 54.5. The molecule has 4 N–H and O–H groups in total. The number of carbonyl (C=O) groups excluding carboxylic acids is 6. The summed E-state index contributed by atoms with van der Waals surface area (Å²) >= 11 is 0. The Morgan fingerprint density at radius 2 is 0.684 bits per heavy atom. The summed E-state index contributed by atoms with van der Waals surface area (Å²) in [5.41, 5.74) is 4.01. The summed E-state index contributed by atoms with van der Waals surface area (Å²) < 4.78 is 36.5. The number of carboxylic acid groups (broad SMARTS) is 2. The fraction of sp³-hybridized carbons (Fsp3) is 0.629. The van der Waals surface area contributed by atoms with Crippen LogP contribution in [0.2, 0.25) is 0 Å². The first kappa shape index (κ1) is 76.6. The van der Waals surface area contributed by atoms with Gasteiger partial charge in [0.15, 0.2) is 0 Å². The average molecular weight is 1330 g/mol.